The lowest BCUT2D eigenvalue weighted by atomic mass is 10.1. The number of carbonyl (C=O) groups excluding carboxylic acids is 1. The summed E-state index contributed by atoms with van der Waals surface area (Å²) in [5.41, 5.74) is 1.78. The topological polar surface area (TPSA) is 72.1 Å². The molecule has 164 valence electrons. The molecule has 0 bridgehead atoms. The minimum Gasteiger partial charge on any atom is -0.496 e. The molecule has 1 amide bonds. The largest absolute Gasteiger partial charge is 0.496 e. The first-order valence-corrected chi connectivity index (χ1v) is 9.26. The number of benzene rings is 2. The van der Waals surface area contributed by atoms with Gasteiger partial charge < -0.3 is 29.7 Å². The first-order chi connectivity index (χ1) is 14.7. The van der Waals surface area contributed by atoms with Gasteiger partial charge in [0.2, 0.25) is 6.79 Å². The maximum atomic E-state index is 12.7. The van der Waals surface area contributed by atoms with Crippen molar-refractivity contribution in [3.05, 3.63) is 54.3 Å². The van der Waals surface area contributed by atoms with Crippen molar-refractivity contribution in [2.75, 3.05) is 36.5 Å². The summed E-state index contributed by atoms with van der Waals surface area (Å²) in [6, 6.07) is 11.1. The number of thiocarbonyl (C=S) groups is 1. The molecule has 1 heterocycles. The van der Waals surface area contributed by atoms with Crippen LogP contribution in [0.5, 0.6) is 5.75 Å². The van der Waals surface area contributed by atoms with Crippen LogP contribution >= 0.6 is 12.2 Å². The molecule has 3 rings (SSSR count). The summed E-state index contributed by atoms with van der Waals surface area (Å²) in [5.74, 6) is -0.901. The summed E-state index contributed by atoms with van der Waals surface area (Å²) < 4.78 is 53.8. The van der Waals surface area contributed by atoms with Crippen LogP contribution in [0.15, 0.2) is 48.7 Å². The Labute approximate surface area is 181 Å². The molecule has 0 fully saturated rings. The van der Waals surface area contributed by atoms with Crippen molar-refractivity contribution in [3.8, 4) is 5.75 Å². The van der Waals surface area contributed by atoms with E-state index in [4.69, 9.17) is 26.4 Å². The lowest BCUT2D eigenvalue weighted by Gasteiger charge is -2.20. The zero-order valence-corrected chi connectivity index (χ0v) is 17.3. The molecule has 1 aliphatic rings. The third kappa shape index (κ3) is 5.37. The zero-order chi connectivity index (χ0) is 22.6. The van der Waals surface area contributed by atoms with Gasteiger partial charge in [0.25, 0.3) is 0 Å². The van der Waals surface area contributed by atoms with Crippen LogP contribution in [0.2, 0.25) is 0 Å². The van der Waals surface area contributed by atoms with Crippen molar-refractivity contribution >= 4 is 46.1 Å². The first kappa shape index (κ1) is 22.2. The third-order valence-electron chi connectivity index (χ3n) is 4.24. The van der Waals surface area contributed by atoms with Crippen LogP contribution in [0.3, 0.4) is 0 Å². The fourth-order valence-corrected chi connectivity index (χ4v) is 2.98. The summed E-state index contributed by atoms with van der Waals surface area (Å²) in [6.45, 7) is 0.134. The summed E-state index contributed by atoms with van der Waals surface area (Å²) in [6.07, 6.45) is -3.48. The highest BCUT2D eigenvalue weighted by molar-refractivity contribution is 7.80. The Bertz CT molecular complexity index is 1030. The maximum Gasteiger partial charge on any atom is 0.471 e. The number of hydrogen-bond donors (Lipinski definition) is 2. The molecule has 0 atom stereocenters. The van der Waals surface area contributed by atoms with Gasteiger partial charge >= 0.3 is 12.1 Å². The van der Waals surface area contributed by atoms with Crippen molar-refractivity contribution in [3.63, 3.8) is 0 Å². The van der Waals surface area contributed by atoms with Crippen LogP contribution in [0.1, 0.15) is 5.56 Å². The van der Waals surface area contributed by atoms with Gasteiger partial charge in [0.1, 0.15) is 12.0 Å². The molecule has 0 spiro atoms. The average Bonchev–Trinajstić information content (AvgIpc) is 3.26. The predicted octanol–water partition coefficient (Wildman–Crippen LogP) is 4.33. The van der Waals surface area contributed by atoms with Gasteiger partial charge in [0, 0.05) is 30.2 Å². The second-order valence-electron chi connectivity index (χ2n) is 6.32. The van der Waals surface area contributed by atoms with Gasteiger partial charge in [-0.3, -0.25) is 4.79 Å². The van der Waals surface area contributed by atoms with E-state index in [1.165, 1.54) is 31.6 Å². The van der Waals surface area contributed by atoms with Crippen LogP contribution in [-0.4, -0.2) is 38.1 Å². The zero-order valence-electron chi connectivity index (χ0n) is 16.4. The number of amides is 1. The Balaban J connectivity index is 1.69. The van der Waals surface area contributed by atoms with E-state index < -0.39 is 12.1 Å². The minimum atomic E-state index is -4.97. The number of alkyl halides is 3. The Morgan fingerprint density at radius 2 is 1.87 bits per heavy atom. The molecule has 0 unspecified atom stereocenters. The van der Waals surface area contributed by atoms with E-state index in [1.54, 1.807) is 24.3 Å². The summed E-state index contributed by atoms with van der Waals surface area (Å²) in [4.78, 5) is 12.0. The summed E-state index contributed by atoms with van der Waals surface area (Å²) in [5, 5.41) is 6.03. The first-order valence-electron chi connectivity index (χ1n) is 8.85. The van der Waals surface area contributed by atoms with Crippen LogP contribution in [0.25, 0.3) is 5.76 Å². The van der Waals surface area contributed by atoms with Gasteiger partial charge in [-0.2, -0.15) is 13.2 Å². The molecule has 11 heteroatoms. The Morgan fingerprint density at radius 1 is 1.16 bits per heavy atom. The molecule has 0 saturated carbocycles. The lowest BCUT2D eigenvalue weighted by molar-refractivity contribution is -0.170. The number of hydrogen-bond acceptors (Lipinski definition) is 5. The highest BCUT2D eigenvalue weighted by Crippen LogP contribution is 2.32. The molecule has 31 heavy (non-hydrogen) atoms. The summed E-state index contributed by atoms with van der Waals surface area (Å²) >= 11 is 5.28. The quantitative estimate of drug-likeness (QED) is 0.653. The van der Waals surface area contributed by atoms with Crippen molar-refractivity contribution in [2.45, 2.75) is 6.18 Å². The highest BCUT2D eigenvalue weighted by atomic mass is 32.1. The average molecular weight is 453 g/mol. The predicted molar refractivity (Wildman–Crippen MR) is 114 cm³/mol. The third-order valence-corrected chi connectivity index (χ3v) is 4.44. The fraction of sp³-hybridized carbons (Fsp3) is 0.200. The number of ether oxygens (including phenoxy) is 3. The standard InChI is InChI=1S/C20H18F3N3O4S/c1-26(18(27)20(21,22)23)14-5-3-4-12(8-14)24-19(31)25-13-6-7-15(16(9-13)28-2)17-10-29-11-30-17/h3-10H,11H2,1-2H3,(H2,24,25,31). The van der Waals surface area contributed by atoms with Crippen LogP contribution in [0.4, 0.5) is 30.2 Å². The molecule has 7 nitrogen and oxygen atoms in total. The molecular weight excluding hydrogens is 435 g/mol. The maximum absolute atomic E-state index is 12.7. The monoisotopic (exact) mass is 453 g/mol. The van der Waals surface area contributed by atoms with Gasteiger partial charge in [-0.25, -0.2) is 0 Å². The number of nitrogens with zero attached hydrogens (tertiary/aromatic N) is 1. The van der Waals surface area contributed by atoms with E-state index in [0.29, 0.717) is 33.3 Å². The van der Waals surface area contributed by atoms with Gasteiger partial charge in [-0.05, 0) is 42.5 Å². The van der Waals surface area contributed by atoms with Gasteiger partial charge in [-0.1, -0.05) is 6.07 Å². The van der Waals surface area contributed by atoms with Crippen LogP contribution < -0.4 is 20.3 Å². The highest BCUT2D eigenvalue weighted by Gasteiger charge is 2.41. The van der Waals surface area contributed by atoms with Crippen molar-refractivity contribution < 1.29 is 32.2 Å². The number of nitrogens with one attached hydrogen (secondary N) is 2. The fourth-order valence-electron chi connectivity index (χ4n) is 2.75. The van der Waals surface area contributed by atoms with Gasteiger partial charge in [0.15, 0.2) is 10.9 Å². The van der Waals surface area contributed by atoms with E-state index in [0.717, 1.165) is 7.05 Å². The smallest absolute Gasteiger partial charge is 0.471 e. The van der Waals surface area contributed by atoms with Crippen molar-refractivity contribution in [1.29, 1.82) is 0 Å². The lowest BCUT2D eigenvalue weighted by Crippen LogP contribution is -2.38. The molecule has 2 N–H and O–H groups in total. The molecule has 0 radical (unpaired) electrons. The van der Waals surface area contributed by atoms with Crippen LogP contribution in [0, 0.1) is 0 Å². The van der Waals surface area contributed by atoms with Crippen LogP contribution in [-0.2, 0) is 14.3 Å². The Kier molecular flexibility index (Phi) is 6.54. The molecule has 0 aromatic heterocycles. The number of halogens is 3. The van der Waals surface area contributed by atoms with Crippen molar-refractivity contribution in [1.82, 2.24) is 0 Å². The number of carbonyl (C=O) groups is 1. The van der Waals surface area contributed by atoms with Gasteiger partial charge in [-0.15, -0.1) is 0 Å². The van der Waals surface area contributed by atoms with E-state index in [9.17, 15) is 18.0 Å². The number of rotatable bonds is 5. The van der Waals surface area contributed by atoms with E-state index in [-0.39, 0.29) is 17.6 Å². The molecule has 0 saturated heterocycles. The number of anilines is 3. The SMILES string of the molecule is COc1cc(NC(=S)Nc2cccc(N(C)C(=O)C(F)(F)F)c2)ccc1C1=COCO1. The second kappa shape index (κ2) is 9.13. The van der Waals surface area contributed by atoms with Crippen molar-refractivity contribution in [2.24, 2.45) is 0 Å². The Morgan fingerprint density at radius 3 is 2.48 bits per heavy atom. The molecule has 2 aromatic carbocycles. The normalized spacial score (nSPS) is 12.9. The second-order valence-corrected chi connectivity index (χ2v) is 6.73. The Hall–Kier alpha value is -3.47. The molecule has 0 aliphatic carbocycles. The summed E-state index contributed by atoms with van der Waals surface area (Å²) in [7, 11) is 2.56. The molecule has 1 aliphatic heterocycles. The van der Waals surface area contributed by atoms with E-state index in [2.05, 4.69) is 10.6 Å². The minimum absolute atomic E-state index is 0.0632. The molecular formula is C20H18F3N3O4S. The van der Waals surface area contributed by atoms with E-state index >= 15 is 0 Å². The molecule has 2 aromatic rings. The number of methoxy groups -OCH3 is 1. The van der Waals surface area contributed by atoms with E-state index in [1.807, 2.05) is 0 Å². The van der Waals surface area contributed by atoms with Gasteiger partial charge in [0.05, 0.1) is 12.7 Å².